The van der Waals surface area contributed by atoms with Gasteiger partial charge in [-0.1, -0.05) is 49.4 Å². The van der Waals surface area contributed by atoms with Crippen molar-refractivity contribution < 1.29 is 0 Å². The highest BCUT2D eigenvalue weighted by Gasteiger charge is 2.30. The van der Waals surface area contributed by atoms with E-state index >= 15 is 0 Å². The van der Waals surface area contributed by atoms with Gasteiger partial charge < -0.3 is 0 Å². The van der Waals surface area contributed by atoms with Crippen LogP contribution in [0.25, 0.3) is 0 Å². The van der Waals surface area contributed by atoms with Crippen LogP contribution in [0.1, 0.15) is 35.6 Å². The van der Waals surface area contributed by atoms with Crippen LogP contribution in [0.15, 0.2) is 53.4 Å². The summed E-state index contributed by atoms with van der Waals surface area (Å²) in [4.78, 5) is 1.39. The van der Waals surface area contributed by atoms with E-state index in [9.17, 15) is 0 Å². The van der Waals surface area contributed by atoms with Gasteiger partial charge in [-0.25, -0.2) is 0 Å². The predicted octanol–water partition coefficient (Wildman–Crippen LogP) is 3.64. The largest absolute Gasteiger partial charge is 0.271 e. The zero-order valence-corrected chi connectivity index (χ0v) is 12.5. The fourth-order valence-electron chi connectivity index (χ4n) is 2.91. The first-order valence-corrected chi connectivity index (χ1v) is 8.08. The van der Waals surface area contributed by atoms with E-state index in [1.807, 2.05) is 11.8 Å². The van der Waals surface area contributed by atoms with E-state index in [4.69, 9.17) is 5.84 Å². The highest BCUT2D eigenvalue weighted by molar-refractivity contribution is 7.99. The van der Waals surface area contributed by atoms with E-state index in [1.54, 1.807) is 0 Å². The Bertz CT molecular complexity index is 597. The molecule has 2 unspecified atom stereocenters. The van der Waals surface area contributed by atoms with Crippen molar-refractivity contribution in [3.8, 4) is 0 Å². The standard InChI is InChI=1S/C17H20N2S/c1-2-12-6-5-7-13(10-12)17(19-18)15-11-20-16-9-4-3-8-14(15)16/h3-10,15,17,19H,2,11,18H2,1H3. The summed E-state index contributed by atoms with van der Waals surface area (Å²) >= 11 is 1.93. The van der Waals surface area contributed by atoms with Crippen molar-refractivity contribution in [1.29, 1.82) is 0 Å². The molecule has 3 N–H and O–H groups in total. The number of hydrogen-bond donors (Lipinski definition) is 2. The van der Waals surface area contributed by atoms with Gasteiger partial charge in [0.1, 0.15) is 0 Å². The van der Waals surface area contributed by atoms with Crippen LogP contribution in [0.4, 0.5) is 0 Å². The number of benzene rings is 2. The monoisotopic (exact) mass is 284 g/mol. The molecular formula is C17H20N2S. The molecule has 0 radical (unpaired) electrons. The van der Waals surface area contributed by atoms with Gasteiger partial charge in [0.15, 0.2) is 0 Å². The third-order valence-electron chi connectivity index (χ3n) is 4.04. The summed E-state index contributed by atoms with van der Waals surface area (Å²) in [6.45, 7) is 2.19. The molecule has 1 aliphatic rings. The van der Waals surface area contributed by atoms with E-state index in [2.05, 4.69) is 60.9 Å². The van der Waals surface area contributed by atoms with Gasteiger partial charge in [0.25, 0.3) is 0 Å². The van der Waals surface area contributed by atoms with Gasteiger partial charge in [0.2, 0.25) is 0 Å². The van der Waals surface area contributed by atoms with Crippen LogP contribution in [-0.2, 0) is 6.42 Å². The minimum Gasteiger partial charge on any atom is -0.271 e. The van der Waals surface area contributed by atoms with Crippen LogP contribution >= 0.6 is 11.8 Å². The van der Waals surface area contributed by atoms with E-state index in [0.29, 0.717) is 5.92 Å². The minimum atomic E-state index is 0.178. The van der Waals surface area contributed by atoms with E-state index in [1.165, 1.54) is 21.6 Å². The number of aryl methyl sites for hydroxylation is 1. The second-order valence-electron chi connectivity index (χ2n) is 5.20. The second-order valence-corrected chi connectivity index (χ2v) is 6.26. The van der Waals surface area contributed by atoms with E-state index in [-0.39, 0.29) is 6.04 Å². The van der Waals surface area contributed by atoms with Crippen LogP contribution in [0.3, 0.4) is 0 Å². The average Bonchev–Trinajstić information content (AvgIpc) is 2.93. The van der Waals surface area contributed by atoms with Crippen molar-refractivity contribution in [2.75, 3.05) is 5.75 Å². The van der Waals surface area contributed by atoms with Crippen molar-refractivity contribution in [1.82, 2.24) is 5.43 Å². The molecule has 0 aromatic heterocycles. The molecule has 20 heavy (non-hydrogen) atoms. The molecule has 3 heteroatoms. The molecule has 2 atom stereocenters. The number of hydrazine groups is 1. The number of rotatable bonds is 4. The van der Waals surface area contributed by atoms with E-state index in [0.717, 1.165) is 12.2 Å². The molecule has 0 spiro atoms. The first-order chi connectivity index (χ1) is 9.83. The zero-order chi connectivity index (χ0) is 13.9. The third-order valence-corrected chi connectivity index (χ3v) is 5.25. The Morgan fingerprint density at radius 3 is 2.90 bits per heavy atom. The van der Waals surface area contributed by atoms with E-state index < -0.39 is 0 Å². The summed E-state index contributed by atoms with van der Waals surface area (Å²) in [5.74, 6) is 7.40. The fourth-order valence-corrected chi connectivity index (χ4v) is 4.21. The van der Waals surface area contributed by atoms with Crippen molar-refractivity contribution >= 4 is 11.8 Å². The number of hydrogen-bond acceptors (Lipinski definition) is 3. The maximum absolute atomic E-state index is 5.87. The van der Waals surface area contributed by atoms with Crippen LogP contribution < -0.4 is 11.3 Å². The molecule has 0 saturated carbocycles. The summed E-state index contributed by atoms with van der Waals surface area (Å²) in [5.41, 5.74) is 7.11. The van der Waals surface area contributed by atoms with Crippen LogP contribution in [-0.4, -0.2) is 5.75 Å². The summed E-state index contributed by atoms with van der Waals surface area (Å²) in [5, 5.41) is 0. The first kappa shape index (κ1) is 13.7. The molecule has 3 rings (SSSR count). The quantitative estimate of drug-likeness (QED) is 0.665. The number of nitrogens with two attached hydrogens (primary N) is 1. The molecule has 0 aliphatic carbocycles. The Balaban J connectivity index is 1.95. The lowest BCUT2D eigenvalue weighted by Gasteiger charge is -2.24. The van der Waals surface area contributed by atoms with Gasteiger partial charge >= 0.3 is 0 Å². The number of fused-ring (bicyclic) bond motifs is 1. The molecule has 1 aliphatic heterocycles. The van der Waals surface area contributed by atoms with Gasteiger partial charge in [-0.05, 0) is 29.2 Å². The van der Waals surface area contributed by atoms with Crippen molar-refractivity contribution in [2.24, 2.45) is 5.84 Å². The van der Waals surface area contributed by atoms with Crippen molar-refractivity contribution in [2.45, 2.75) is 30.2 Å². The first-order valence-electron chi connectivity index (χ1n) is 7.10. The van der Waals surface area contributed by atoms with Crippen LogP contribution in [0.5, 0.6) is 0 Å². The Labute approximate surface area is 124 Å². The number of thioether (sulfide) groups is 1. The lowest BCUT2D eigenvalue weighted by atomic mass is 9.88. The van der Waals surface area contributed by atoms with Gasteiger partial charge in [0, 0.05) is 16.6 Å². The maximum atomic E-state index is 5.87. The average molecular weight is 284 g/mol. The molecule has 2 aromatic rings. The third kappa shape index (κ3) is 2.49. The van der Waals surface area contributed by atoms with Gasteiger partial charge in [-0.15, -0.1) is 11.8 Å². The Hall–Kier alpha value is -1.29. The second kappa shape index (κ2) is 6.00. The van der Waals surface area contributed by atoms with Crippen LogP contribution in [0, 0.1) is 0 Å². The molecule has 2 aromatic carbocycles. The lowest BCUT2D eigenvalue weighted by molar-refractivity contribution is 0.485. The molecule has 0 amide bonds. The minimum absolute atomic E-state index is 0.178. The Morgan fingerprint density at radius 2 is 2.10 bits per heavy atom. The van der Waals surface area contributed by atoms with Gasteiger partial charge in [-0.2, -0.15) is 0 Å². The highest BCUT2D eigenvalue weighted by atomic mass is 32.2. The molecule has 1 heterocycles. The Kier molecular flexibility index (Phi) is 4.10. The van der Waals surface area contributed by atoms with Crippen molar-refractivity contribution in [3.63, 3.8) is 0 Å². The molecule has 0 bridgehead atoms. The molecule has 2 nitrogen and oxygen atoms in total. The lowest BCUT2D eigenvalue weighted by Crippen LogP contribution is -2.32. The van der Waals surface area contributed by atoms with Gasteiger partial charge in [0.05, 0.1) is 6.04 Å². The summed E-state index contributed by atoms with van der Waals surface area (Å²) < 4.78 is 0. The SMILES string of the molecule is CCc1cccc(C(NN)C2CSc3ccccc32)c1. The maximum Gasteiger partial charge on any atom is 0.0537 e. The summed E-state index contributed by atoms with van der Waals surface area (Å²) in [6.07, 6.45) is 1.06. The molecule has 0 fully saturated rings. The fraction of sp³-hybridized carbons (Fsp3) is 0.294. The molecule has 0 saturated heterocycles. The van der Waals surface area contributed by atoms with Crippen molar-refractivity contribution in [3.05, 3.63) is 65.2 Å². The van der Waals surface area contributed by atoms with Crippen LogP contribution in [0.2, 0.25) is 0 Å². The number of nitrogens with one attached hydrogen (secondary N) is 1. The molecule has 104 valence electrons. The van der Waals surface area contributed by atoms with Gasteiger partial charge in [-0.3, -0.25) is 11.3 Å². The zero-order valence-electron chi connectivity index (χ0n) is 11.7. The summed E-state index contributed by atoms with van der Waals surface area (Å²) in [7, 11) is 0. The predicted molar refractivity (Wildman–Crippen MR) is 85.8 cm³/mol. The smallest absolute Gasteiger partial charge is 0.0537 e. The Morgan fingerprint density at radius 1 is 1.25 bits per heavy atom. The highest BCUT2D eigenvalue weighted by Crippen LogP contribution is 2.45. The molecular weight excluding hydrogens is 264 g/mol. The summed E-state index contributed by atoms with van der Waals surface area (Å²) in [6, 6.07) is 17.6. The normalized spacial score (nSPS) is 18.8. The topological polar surface area (TPSA) is 38.0 Å².